The minimum Gasteiger partial charge on any atom is -0.357 e. The zero-order valence-corrected chi connectivity index (χ0v) is 9.86. The van der Waals surface area contributed by atoms with Crippen molar-refractivity contribution < 1.29 is 9.59 Å². The number of rotatable bonds is 1. The van der Waals surface area contributed by atoms with E-state index in [0.717, 1.165) is 11.1 Å². The van der Waals surface area contributed by atoms with E-state index in [0.29, 0.717) is 6.54 Å². The first-order chi connectivity index (χ1) is 8.19. The molecular weight excluding hydrogens is 218 g/mol. The van der Waals surface area contributed by atoms with Crippen molar-refractivity contribution in [3.8, 4) is 0 Å². The summed E-state index contributed by atoms with van der Waals surface area (Å²) in [6.45, 7) is 0.466. The third kappa shape index (κ3) is 1.84. The molecule has 1 aromatic carbocycles. The Morgan fingerprint density at radius 3 is 2.59 bits per heavy atom. The highest BCUT2D eigenvalue weighted by atomic mass is 16.2. The van der Waals surface area contributed by atoms with Crippen LogP contribution in [0.4, 0.5) is 4.79 Å². The Bertz CT molecular complexity index is 459. The van der Waals surface area contributed by atoms with Gasteiger partial charge in [-0.15, -0.1) is 0 Å². The molecule has 2 rings (SSSR count). The van der Waals surface area contributed by atoms with E-state index in [2.05, 4.69) is 10.6 Å². The second-order valence-corrected chi connectivity index (χ2v) is 3.90. The largest absolute Gasteiger partial charge is 0.357 e. The maximum atomic E-state index is 11.9. The molecule has 1 unspecified atom stereocenters. The first-order valence-electron chi connectivity index (χ1n) is 5.46. The van der Waals surface area contributed by atoms with Crippen molar-refractivity contribution in [3.63, 3.8) is 0 Å². The van der Waals surface area contributed by atoms with Crippen LogP contribution in [0.25, 0.3) is 0 Å². The van der Waals surface area contributed by atoms with Crippen LogP contribution < -0.4 is 10.6 Å². The van der Waals surface area contributed by atoms with Crippen molar-refractivity contribution in [2.75, 3.05) is 14.1 Å². The molecule has 0 saturated heterocycles. The van der Waals surface area contributed by atoms with Crippen LogP contribution in [0.5, 0.6) is 0 Å². The first-order valence-corrected chi connectivity index (χ1v) is 5.46. The van der Waals surface area contributed by atoms with Gasteiger partial charge < -0.3 is 15.5 Å². The standard InChI is InChI=1S/C12H15N3O2/c1-13-11(16)10-9-6-4-3-5-8(9)7-15(10)12(17)14-2/h3-6,10H,7H2,1-2H3,(H,13,16)(H,14,17). The van der Waals surface area contributed by atoms with E-state index < -0.39 is 6.04 Å². The average Bonchev–Trinajstić information content (AvgIpc) is 2.76. The Morgan fingerprint density at radius 1 is 1.24 bits per heavy atom. The fourth-order valence-corrected chi connectivity index (χ4v) is 2.14. The van der Waals surface area contributed by atoms with Crippen LogP contribution in [0.2, 0.25) is 0 Å². The number of nitrogens with one attached hydrogen (secondary N) is 2. The van der Waals surface area contributed by atoms with Gasteiger partial charge >= 0.3 is 6.03 Å². The van der Waals surface area contributed by atoms with Gasteiger partial charge in [-0.1, -0.05) is 24.3 Å². The number of fused-ring (bicyclic) bond motifs is 1. The van der Waals surface area contributed by atoms with Gasteiger partial charge in [0.25, 0.3) is 0 Å². The molecule has 0 saturated carbocycles. The molecule has 5 nitrogen and oxygen atoms in total. The maximum absolute atomic E-state index is 11.9. The van der Waals surface area contributed by atoms with Gasteiger partial charge in [-0.3, -0.25) is 4.79 Å². The molecule has 0 bridgehead atoms. The molecule has 0 fully saturated rings. The third-order valence-corrected chi connectivity index (χ3v) is 2.97. The molecule has 5 heteroatoms. The molecule has 1 atom stereocenters. The van der Waals surface area contributed by atoms with Crippen molar-refractivity contribution in [3.05, 3.63) is 35.4 Å². The van der Waals surface area contributed by atoms with Gasteiger partial charge in [-0.25, -0.2) is 4.79 Å². The second kappa shape index (κ2) is 4.45. The van der Waals surface area contributed by atoms with E-state index in [4.69, 9.17) is 0 Å². The van der Waals surface area contributed by atoms with Crippen LogP contribution >= 0.6 is 0 Å². The monoisotopic (exact) mass is 233 g/mol. The van der Waals surface area contributed by atoms with E-state index >= 15 is 0 Å². The van der Waals surface area contributed by atoms with Crippen LogP contribution in [0.1, 0.15) is 17.2 Å². The summed E-state index contributed by atoms with van der Waals surface area (Å²) in [5.41, 5.74) is 1.92. The van der Waals surface area contributed by atoms with Crippen LogP contribution in [-0.4, -0.2) is 30.9 Å². The summed E-state index contributed by atoms with van der Waals surface area (Å²) in [7, 11) is 3.14. The lowest BCUT2D eigenvalue weighted by Gasteiger charge is -2.23. The van der Waals surface area contributed by atoms with Crippen LogP contribution in [-0.2, 0) is 11.3 Å². The molecular formula is C12H15N3O2. The van der Waals surface area contributed by atoms with Crippen molar-refractivity contribution in [2.45, 2.75) is 12.6 Å². The Labute approximate surface area is 99.8 Å². The van der Waals surface area contributed by atoms with Crippen LogP contribution in [0.15, 0.2) is 24.3 Å². The van der Waals surface area contributed by atoms with E-state index in [1.54, 1.807) is 14.1 Å². The van der Waals surface area contributed by atoms with Crippen molar-refractivity contribution in [1.29, 1.82) is 0 Å². The predicted molar refractivity (Wildman–Crippen MR) is 63.2 cm³/mol. The zero-order valence-electron chi connectivity index (χ0n) is 9.86. The van der Waals surface area contributed by atoms with Crippen molar-refractivity contribution in [2.24, 2.45) is 0 Å². The molecule has 0 aromatic heterocycles. The highest BCUT2D eigenvalue weighted by Crippen LogP contribution is 2.33. The van der Waals surface area contributed by atoms with E-state index in [-0.39, 0.29) is 11.9 Å². The van der Waals surface area contributed by atoms with Gasteiger partial charge in [0, 0.05) is 20.6 Å². The van der Waals surface area contributed by atoms with Gasteiger partial charge in [0.1, 0.15) is 6.04 Å². The number of hydrogen-bond acceptors (Lipinski definition) is 2. The molecule has 2 N–H and O–H groups in total. The molecule has 1 aliphatic heterocycles. The summed E-state index contributed by atoms with van der Waals surface area (Å²) in [5.74, 6) is -0.168. The van der Waals surface area contributed by atoms with Gasteiger partial charge in [0.2, 0.25) is 5.91 Å². The Hall–Kier alpha value is -2.04. The lowest BCUT2D eigenvalue weighted by atomic mass is 10.0. The summed E-state index contributed by atoms with van der Waals surface area (Å²) in [4.78, 5) is 25.2. The molecule has 1 aliphatic rings. The van der Waals surface area contributed by atoms with Gasteiger partial charge in [0.05, 0.1) is 0 Å². The number of benzene rings is 1. The summed E-state index contributed by atoms with van der Waals surface area (Å²) in [6, 6.07) is 6.84. The smallest absolute Gasteiger partial charge is 0.318 e. The lowest BCUT2D eigenvalue weighted by Crippen LogP contribution is -2.42. The molecule has 0 aliphatic carbocycles. The topological polar surface area (TPSA) is 61.4 Å². The normalized spacial score (nSPS) is 17.5. The van der Waals surface area contributed by atoms with E-state index in [9.17, 15) is 9.59 Å². The first kappa shape index (κ1) is 11.4. The minimum absolute atomic E-state index is 0.168. The number of likely N-dealkylation sites (N-methyl/N-ethyl adjacent to an activating group) is 1. The van der Waals surface area contributed by atoms with Crippen molar-refractivity contribution >= 4 is 11.9 Å². The third-order valence-electron chi connectivity index (χ3n) is 2.97. The Morgan fingerprint density at radius 2 is 1.94 bits per heavy atom. The zero-order chi connectivity index (χ0) is 12.4. The van der Waals surface area contributed by atoms with Gasteiger partial charge in [-0.2, -0.15) is 0 Å². The molecule has 90 valence electrons. The molecule has 0 radical (unpaired) electrons. The number of nitrogens with zero attached hydrogens (tertiary/aromatic N) is 1. The quantitative estimate of drug-likeness (QED) is 0.747. The minimum atomic E-state index is -0.531. The molecule has 1 heterocycles. The highest BCUT2D eigenvalue weighted by molar-refractivity contribution is 5.89. The molecule has 0 spiro atoms. The Kier molecular flexibility index (Phi) is 2.99. The van der Waals surface area contributed by atoms with Crippen LogP contribution in [0, 0.1) is 0 Å². The van der Waals surface area contributed by atoms with Gasteiger partial charge in [-0.05, 0) is 11.1 Å². The predicted octanol–water partition coefficient (Wildman–Crippen LogP) is 0.629. The van der Waals surface area contributed by atoms with E-state index in [1.807, 2.05) is 24.3 Å². The number of carbonyl (C=O) groups is 2. The van der Waals surface area contributed by atoms with E-state index in [1.165, 1.54) is 4.90 Å². The lowest BCUT2D eigenvalue weighted by molar-refractivity contribution is -0.124. The number of carbonyl (C=O) groups excluding carboxylic acids is 2. The fraction of sp³-hybridized carbons (Fsp3) is 0.333. The number of hydrogen-bond donors (Lipinski definition) is 2. The number of amides is 3. The second-order valence-electron chi connectivity index (χ2n) is 3.90. The summed E-state index contributed by atoms with van der Waals surface area (Å²) < 4.78 is 0. The van der Waals surface area contributed by atoms with Gasteiger partial charge in [0.15, 0.2) is 0 Å². The molecule has 3 amide bonds. The molecule has 17 heavy (non-hydrogen) atoms. The Balaban J connectivity index is 2.40. The summed E-state index contributed by atoms with van der Waals surface area (Å²) in [5, 5.41) is 5.15. The maximum Gasteiger partial charge on any atom is 0.318 e. The fourth-order valence-electron chi connectivity index (χ4n) is 2.14. The summed E-state index contributed by atoms with van der Waals surface area (Å²) in [6.07, 6.45) is 0. The van der Waals surface area contributed by atoms with Crippen molar-refractivity contribution in [1.82, 2.24) is 15.5 Å². The highest BCUT2D eigenvalue weighted by Gasteiger charge is 2.37. The number of urea groups is 1. The molecule has 1 aromatic rings. The van der Waals surface area contributed by atoms with Crippen LogP contribution in [0.3, 0.4) is 0 Å². The SMILES string of the molecule is CNC(=O)C1c2ccccc2CN1C(=O)NC. The average molecular weight is 233 g/mol. The summed E-state index contributed by atoms with van der Waals surface area (Å²) >= 11 is 0.